The largest absolute Gasteiger partial charge is 0.0846 e. The zero-order chi connectivity index (χ0) is 20.9. The molecule has 4 rings (SSSR count). The first kappa shape index (κ1) is 21.3. The quantitative estimate of drug-likeness (QED) is 0.407. The molecule has 4 unspecified atom stereocenters. The topological polar surface area (TPSA) is 0 Å². The van der Waals surface area contributed by atoms with Crippen molar-refractivity contribution in [1.82, 2.24) is 0 Å². The van der Waals surface area contributed by atoms with Crippen molar-refractivity contribution < 1.29 is 0 Å². The predicted molar refractivity (Wildman–Crippen MR) is 136 cm³/mol. The Hall–Kier alpha value is -1.90. The molecule has 0 fully saturated rings. The molecule has 0 radical (unpaired) electrons. The van der Waals surface area contributed by atoms with E-state index in [0.29, 0.717) is 10.5 Å². The van der Waals surface area contributed by atoms with E-state index in [9.17, 15) is 0 Å². The van der Waals surface area contributed by atoms with Gasteiger partial charge < -0.3 is 0 Å². The molecule has 0 nitrogen and oxygen atoms in total. The van der Waals surface area contributed by atoms with Gasteiger partial charge in [-0.15, -0.1) is 0 Å². The van der Waals surface area contributed by atoms with Crippen LogP contribution in [0.25, 0.3) is 0 Å². The maximum atomic E-state index is 2.42. The standard InChI is InChI=1S/C28H30S2/c1-3-27(23-15-7-5-8-16-23)21-13-11-19-25(27)29-30-26-20-12-14-22-28(26,4-2)24-17-9-6-10-18-24/h5-22,25-26H,3-4H2,1-2H3. The fourth-order valence-electron chi connectivity index (χ4n) is 4.74. The van der Waals surface area contributed by atoms with Crippen LogP contribution in [0.1, 0.15) is 37.8 Å². The van der Waals surface area contributed by atoms with Crippen molar-refractivity contribution in [2.45, 2.75) is 48.0 Å². The van der Waals surface area contributed by atoms with E-state index in [1.165, 1.54) is 11.1 Å². The van der Waals surface area contributed by atoms with Gasteiger partial charge in [0, 0.05) is 21.3 Å². The summed E-state index contributed by atoms with van der Waals surface area (Å²) in [6.45, 7) is 4.64. The summed E-state index contributed by atoms with van der Waals surface area (Å²) in [6.07, 6.45) is 20.7. The smallest absolute Gasteiger partial charge is 0.0466 e. The Kier molecular flexibility index (Phi) is 6.75. The molecule has 0 aromatic heterocycles. The first-order valence-corrected chi connectivity index (χ1v) is 13.2. The maximum Gasteiger partial charge on any atom is 0.0466 e. The molecule has 2 aliphatic carbocycles. The third-order valence-corrected chi connectivity index (χ3v) is 9.91. The van der Waals surface area contributed by atoms with Gasteiger partial charge in [0.25, 0.3) is 0 Å². The molecule has 4 atom stereocenters. The van der Waals surface area contributed by atoms with Gasteiger partial charge in [-0.2, -0.15) is 0 Å². The van der Waals surface area contributed by atoms with Crippen molar-refractivity contribution in [3.8, 4) is 0 Å². The molecule has 0 saturated carbocycles. The second-order valence-corrected chi connectivity index (χ2v) is 10.6. The normalized spacial score (nSPS) is 29.9. The second-order valence-electron chi connectivity index (χ2n) is 8.04. The van der Waals surface area contributed by atoms with Crippen molar-refractivity contribution in [3.63, 3.8) is 0 Å². The van der Waals surface area contributed by atoms with Gasteiger partial charge in [-0.3, -0.25) is 0 Å². The van der Waals surface area contributed by atoms with E-state index in [1.54, 1.807) is 0 Å². The lowest BCUT2D eigenvalue weighted by atomic mass is 9.73. The highest BCUT2D eigenvalue weighted by molar-refractivity contribution is 8.77. The average Bonchev–Trinajstić information content (AvgIpc) is 2.84. The molecule has 0 bridgehead atoms. The summed E-state index contributed by atoms with van der Waals surface area (Å²) < 4.78 is 0. The molecule has 154 valence electrons. The van der Waals surface area contributed by atoms with Gasteiger partial charge in [0.05, 0.1) is 0 Å². The van der Waals surface area contributed by atoms with E-state index in [2.05, 4.69) is 123 Å². The van der Waals surface area contributed by atoms with Crippen molar-refractivity contribution >= 4 is 21.6 Å². The van der Waals surface area contributed by atoms with E-state index in [4.69, 9.17) is 0 Å². The summed E-state index contributed by atoms with van der Waals surface area (Å²) >= 11 is 0. The molecule has 0 N–H and O–H groups in total. The SMILES string of the molecule is CCC1(c2ccccc2)C=CC=CC1SSC1C=CC=CC1(CC)c1ccccc1. The number of allylic oxidation sites excluding steroid dienone is 6. The zero-order valence-electron chi connectivity index (χ0n) is 17.8. The Morgan fingerprint density at radius 2 is 1.00 bits per heavy atom. The van der Waals surface area contributed by atoms with Crippen LogP contribution in [0.15, 0.2) is 109 Å². The molecule has 0 aliphatic heterocycles. The summed E-state index contributed by atoms with van der Waals surface area (Å²) in [7, 11) is 4.07. The summed E-state index contributed by atoms with van der Waals surface area (Å²) in [6, 6.07) is 22.0. The molecule has 0 saturated heterocycles. The number of hydrogen-bond donors (Lipinski definition) is 0. The lowest BCUT2D eigenvalue weighted by Gasteiger charge is -2.41. The van der Waals surface area contributed by atoms with Crippen LogP contribution < -0.4 is 0 Å². The Morgan fingerprint density at radius 3 is 1.37 bits per heavy atom. The van der Waals surface area contributed by atoms with E-state index >= 15 is 0 Å². The van der Waals surface area contributed by atoms with Crippen LogP contribution in [-0.4, -0.2) is 10.5 Å². The summed E-state index contributed by atoms with van der Waals surface area (Å²) in [5, 5.41) is 0.814. The van der Waals surface area contributed by atoms with Crippen molar-refractivity contribution in [2.24, 2.45) is 0 Å². The molecule has 2 heteroatoms. The molecule has 0 spiro atoms. The van der Waals surface area contributed by atoms with Gasteiger partial charge in [-0.25, -0.2) is 0 Å². The summed E-state index contributed by atoms with van der Waals surface area (Å²) in [5.41, 5.74) is 2.91. The molecule has 2 aromatic rings. The van der Waals surface area contributed by atoms with Crippen LogP contribution in [0.4, 0.5) is 0 Å². The van der Waals surface area contributed by atoms with Crippen LogP contribution >= 0.6 is 21.6 Å². The third-order valence-electron chi connectivity index (χ3n) is 6.65. The summed E-state index contributed by atoms with van der Waals surface area (Å²) in [4.78, 5) is 0. The number of rotatable bonds is 7. The molecule has 30 heavy (non-hydrogen) atoms. The average molecular weight is 431 g/mol. The minimum absolute atomic E-state index is 0.0452. The van der Waals surface area contributed by atoms with Crippen molar-refractivity contribution in [3.05, 3.63) is 120 Å². The van der Waals surface area contributed by atoms with E-state index < -0.39 is 0 Å². The van der Waals surface area contributed by atoms with Crippen molar-refractivity contribution in [2.75, 3.05) is 0 Å². The summed E-state index contributed by atoms with van der Waals surface area (Å²) in [5.74, 6) is 0. The first-order chi connectivity index (χ1) is 14.7. The zero-order valence-corrected chi connectivity index (χ0v) is 19.4. The van der Waals surface area contributed by atoms with Gasteiger partial charge in [0.2, 0.25) is 0 Å². The number of hydrogen-bond acceptors (Lipinski definition) is 2. The van der Waals surface area contributed by atoms with Gasteiger partial charge in [-0.1, -0.05) is 145 Å². The second kappa shape index (κ2) is 9.49. The monoisotopic (exact) mass is 430 g/mol. The molecule has 2 aliphatic rings. The Balaban J connectivity index is 1.61. The maximum absolute atomic E-state index is 2.42. The highest BCUT2D eigenvalue weighted by atomic mass is 33.1. The molecular formula is C28H30S2. The van der Waals surface area contributed by atoms with Gasteiger partial charge in [-0.05, 0) is 24.0 Å². The molecule has 2 aromatic carbocycles. The minimum Gasteiger partial charge on any atom is -0.0846 e. The fourth-order valence-corrected chi connectivity index (χ4v) is 8.53. The molecule has 0 heterocycles. The van der Waals surface area contributed by atoms with E-state index in [-0.39, 0.29) is 10.8 Å². The van der Waals surface area contributed by atoms with Crippen LogP contribution in [0.5, 0.6) is 0 Å². The van der Waals surface area contributed by atoms with Crippen LogP contribution in [0.2, 0.25) is 0 Å². The van der Waals surface area contributed by atoms with Crippen LogP contribution in [0, 0.1) is 0 Å². The van der Waals surface area contributed by atoms with Gasteiger partial charge in [0.1, 0.15) is 0 Å². The van der Waals surface area contributed by atoms with Crippen molar-refractivity contribution in [1.29, 1.82) is 0 Å². The van der Waals surface area contributed by atoms with E-state index in [1.807, 2.05) is 21.6 Å². The Morgan fingerprint density at radius 1 is 0.600 bits per heavy atom. The minimum atomic E-state index is 0.0452. The molecule has 0 amide bonds. The van der Waals surface area contributed by atoms with E-state index in [0.717, 1.165) is 12.8 Å². The highest BCUT2D eigenvalue weighted by Gasteiger charge is 2.41. The van der Waals surface area contributed by atoms with Crippen LogP contribution in [-0.2, 0) is 10.8 Å². The van der Waals surface area contributed by atoms with Crippen LogP contribution in [0.3, 0.4) is 0 Å². The lowest BCUT2D eigenvalue weighted by molar-refractivity contribution is 0.528. The molecular weight excluding hydrogens is 400 g/mol. The number of benzene rings is 2. The lowest BCUT2D eigenvalue weighted by Crippen LogP contribution is -2.37. The Bertz CT molecular complexity index is 862. The van der Waals surface area contributed by atoms with Gasteiger partial charge >= 0.3 is 0 Å². The fraction of sp³-hybridized carbons (Fsp3) is 0.286. The van der Waals surface area contributed by atoms with Gasteiger partial charge in [0.15, 0.2) is 0 Å². The third kappa shape index (κ3) is 3.88. The highest BCUT2D eigenvalue weighted by Crippen LogP contribution is 2.52. The predicted octanol–water partition coefficient (Wildman–Crippen LogP) is 8.05. The first-order valence-electron chi connectivity index (χ1n) is 10.9. The Labute approximate surface area is 189 Å².